The van der Waals surface area contributed by atoms with Crippen molar-refractivity contribution in [2.24, 2.45) is 0 Å². The van der Waals surface area contributed by atoms with E-state index in [0.29, 0.717) is 6.42 Å². The average molecular weight is 284 g/mol. The van der Waals surface area contributed by atoms with Crippen molar-refractivity contribution >= 4 is 10.0 Å². The molecule has 0 aliphatic heterocycles. The van der Waals surface area contributed by atoms with Crippen molar-refractivity contribution < 1.29 is 8.42 Å². The molecule has 0 fully saturated rings. The lowest BCUT2D eigenvalue weighted by Gasteiger charge is -2.14. The molecule has 1 aromatic carbocycles. The topological polar surface area (TPSA) is 58.2 Å². The number of hydrogen-bond acceptors (Lipinski definition) is 3. The number of rotatable bonds is 9. The molecule has 0 saturated carbocycles. The summed E-state index contributed by atoms with van der Waals surface area (Å²) in [7, 11) is -3.21. The van der Waals surface area contributed by atoms with Gasteiger partial charge < -0.3 is 5.32 Å². The van der Waals surface area contributed by atoms with Gasteiger partial charge in [0.05, 0.1) is 5.75 Å². The summed E-state index contributed by atoms with van der Waals surface area (Å²) in [6.45, 7) is 5.64. The Labute approximate surface area is 116 Å². The fraction of sp³-hybridized carbons (Fsp3) is 0.571. The zero-order valence-electron chi connectivity index (χ0n) is 11.7. The minimum Gasteiger partial charge on any atom is -0.317 e. The molecule has 0 spiro atoms. The predicted octanol–water partition coefficient (Wildman–Crippen LogP) is 2.06. The third-order valence-corrected chi connectivity index (χ3v) is 4.39. The minimum absolute atomic E-state index is 0.168. The predicted molar refractivity (Wildman–Crippen MR) is 79.6 cm³/mol. The van der Waals surface area contributed by atoms with Gasteiger partial charge in [0.15, 0.2) is 0 Å². The summed E-state index contributed by atoms with van der Waals surface area (Å²) in [6, 6.07) is 9.41. The molecule has 0 aliphatic carbocycles. The van der Waals surface area contributed by atoms with Crippen molar-refractivity contribution in [3.8, 4) is 0 Å². The third kappa shape index (κ3) is 6.71. The Morgan fingerprint density at radius 3 is 2.47 bits per heavy atom. The van der Waals surface area contributed by atoms with Crippen LogP contribution >= 0.6 is 0 Å². The van der Waals surface area contributed by atoms with Crippen LogP contribution in [0.15, 0.2) is 30.3 Å². The van der Waals surface area contributed by atoms with Crippen molar-refractivity contribution in [3.63, 3.8) is 0 Å². The zero-order chi connectivity index (χ0) is 14.1. The molecule has 5 heteroatoms. The molecule has 108 valence electrons. The maximum Gasteiger partial charge on any atom is 0.212 e. The molecule has 1 aromatic rings. The van der Waals surface area contributed by atoms with Gasteiger partial charge >= 0.3 is 0 Å². The molecule has 0 amide bonds. The fourth-order valence-corrected chi connectivity index (χ4v) is 3.14. The van der Waals surface area contributed by atoms with Gasteiger partial charge in [-0.05, 0) is 38.4 Å². The number of hydrogen-bond donors (Lipinski definition) is 2. The van der Waals surface area contributed by atoms with Crippen LogP contribution in [0.4, 0.5) is 0 Å². The van der Waals surface area contributed by atoms with Crippen molar-refractivity contribution in [2.75, 3.05) is 18.8 Å². The molecular formula is C14H24N2O2S. The van der Waals surface area contributed by atoms with Crippen LogP contribution in [-0.2, 0) is 10.0 Å². The zero-order valence-corrected chi connectivity index (χ0v) is 12.5. The monoisotopic (exact) mass is 284 g/mol. The van der Waals surface area contributed by atoms with Gasteiger partial charge in [0.1, 0.15) is 0 Å². The Bertz CT molecular complexity index is 446. The summed E-state index contributed by atoms with van der Waals surface area (Å²) in [5.41, 5.74) is 0.982. The summed E-state index contributed by atoms with van der Waals surface area (Å²) in [4.78, 5) is 0. The van der Waals surface area contributed by atoms with Crippen molar-refractivity contribution in [1.29, 1.82) is 0 Å². The molecule has 4 nitrogen and oxygen atoms in total. The summed E-state index contributed by atoms with van der Waals surface area (Å²) in [5, 5.41) is 3.20. The van der Waals surface area contributed by atoms with E-state index in [4.69, 9.17) is 0 Å². The fourth-order valence-electron chi connectivity index (χ4n) is 1.83. The standard InChI is InChI=1S/C14H24N2O2S/c1-3-10-15-11-7-12-19(17,18)16-13(2)14-8-5-4-6-9-14/h4-6,8-9,13,15-16H,3,7,10-12H2,1-2H3. The number of nitrogens with one attached hydrogen (secondary N) is 2. The van der Waals surface area contributed by atoms with Crippen LogP contribution in [0.1, 0.15) is 38.3 Å². The van der Waals surface area contributed by atoms with Crippen molar-refractivity contribution in [3.05, 3.63) is 35.9 Å². The van der Waals surface area contributed by atoms with Crippen molar-refractivity contribution in [2.45, 2.75) is 32.7 Å². The van der Waals surface area contributed by atoms with Gasteiger partial charge in [-0.3, -0.25) is 0 Å². The van der Waals surface area contributed by atoms with Gasteiger partial charge in [-0.1, -0.05) is 37.3 Å². The highest BCUT2D eigenvalue weighted by atomic mass is 32.2. The highest BCUT2D eigenvalue weighted by molar-refractivity contribution is 7.89. The first-order chi connectivity index (χ1) is 9.05. The second kappa shape index (κ2) is 8.30. The molecule has 0 aliphatic rings. The van der Waals surface area contributed by atoms with E-state index in [2.05, 4.69) is 17.0 Å². The Balaban J connectivity index is 2.38. The van der Waals surface area contributed by atoms with E-state index in [9.17, 15) is 8.42 Å². The van der Waals surface area contributed by atoms with Gasteiger partial charge in [-0.2, -0.15) is 0 Å². The summed E-state index contributed by atoms with van der Waals surface area (Å²) in [5.74, 6) is 0.168. The molecule has 1 rings (SSSR count). The van der Waals surface area contributed by atoms with Crippen LogP contribution in [0.5, 0.6) is 0 Å². The molecule has 0 bridgehead atoms. The molecule has 1 unspecified atom stereocenters. The Morgan fingerprint density at radius 1 is 1.16 bits per heavy atom. The summed E-state index contributed by atoms with van der Waals surface area (Å²) >= 11 is 0. The molecule has 0 saturated heterocycles. The minimum atomic E-state index is -3.21. The number of benzene rings is 1. The van der Waals surface area contributed by atoms with Gasteiger partial charge in [0.25, 0.3) is 0 Å². The summed E-state index contributed by atoms with van der Waals surface area (Å²) in [6.07, 6.45) is 1.70. The lowest BCUT2D eigenvalue weighted by atomic mass is 10.1. The quantitative estimate of drug-likeness (QED) is 0.682. The first-order valence-electron chi connectivity index (χ1n) is 6.81. The van der Waals surface area contributed by atoms with E-state index in [-0.39, 0.29) is 11.8 Å². The second-order valence-corrected chi connectivity index (χ2v) is 6.55. The van der Waals surface area contributed by atoms with Crippen molar-refractivity contribution in [1.82, 2.24) is 10.0 Å². The van der Waals surface area contributed by atoms with Gasteiger partial charge in [-0.25, -0.2) is 13.1 Å². The van der Waals surface area contributed by atoms with E-state index < -0.39 is 10.0 Å². The Hall–Kier alpha value is -0.910. The molecule has 2 N–H and O–H groups in total. The maximum atomic E-state index is 11.9. The highest BCUT2D eigenvalue weighted by Crippen LogP contribution is 2.12. The van der Waals surface area contributed by atoms with Crippen LogP contribution in [0.25, 0.3) is 0 Å². The van der Waals surface area contributed by atoms with Crippen LogP contribution < -0.4 is 10.0 Å². The summed E-state index contributed by atoms with van der Waals surface area (Å²) < 4.78 is 26.5. The lowest BCUT2D eigenvalue weighted by Crippen LogP contribution is -2.30. The van der Waals surface area contributed by atoms with Gasteiger partial charge in [0, 0.05) is 6.04 Å². The van der Waals surface area contributed by atoms with Gasteiger partial charge in [-0.15, -0.1) is 0 Å². The Kier molecular flexibility index (Phi) is 7.05. The van der Waals surface area contributed by atoms with E-state index in [0.717, 1.165) is 25.1 Å². The van der Waals surface area contributed by atoms with Crippen LogP contribution in [0.2, 0.25) is 0 Å². The molecule has 19 heavy (non-hydrogen) atoms. The lowest BCUT2D eigenvalue weighted by molar-refractivity contribution is 0.561. The smallest absolute Gasteiger partial charge is 0.212 e. The molecular weight excluding hydrogens is 260 g/mol. The molecule has 0 radical (unpaired) electrons. The van der Waals surface area contributed by atoms with Crippen LogP contribution in [-0.4, -0.2) is 27.3 Å². The van der Waals surface area contributed by atoms with E-state index in [1.54, 1.807) is 0 Å². The highest BCUT2D eigenvalue weighted by Gasteiger charge is 2.14. The molecule has 0 aromatic heterocycles. The first kappa shape index (κ1) is 16.1. The van der Waals surface area contributed by atoms with Crippen LogP contribution in [0.3, 0.4) is 0 Å². The SMILES string of the molecule is CCCNCCCS(=O)(=O)NC(C)c1ccccc1. The molecule has 0 heterocycles. The van der Waals surface area contributed by atoms with E-state index in [1.165, 1.54) is 0 Å². The normalized spacial score (nSPS) is 13.4. The maximum absolute atomic E-state index is 11.9. The molecule has 1 atom stereocenters. The Morgan fingerprint density at radius 2 is 1.84 bits per heavy atom. The van der Waals surface area contributed by atoms with Gasteiger partial charge in [0.2, 0.25) is 10.0 Å². The number of sulfonamides is 1. The largest absolute Gasteiger partial charge is 0.317 e. The average Bonchev–Trinajstić information content (AvgIpc) is 2.39. The van der Waals surface area contributed by atoms with E-state index in [1.807, 2.05) is 37.3 Å². The van der Waals surface area contributed by atoms with E-state index >= 15 is 0 Å². The van der Waals surface area contributed by atoms with Crippen LogP contribution in [0, 0.1) is 0 Å². The second-order valence-electron chi connectivity index (χ2n) is 4.67. The third-order valence-electron chi connectivity index (χ3n) is 2.85. The first-order valence-corrected chi connectivity index (χ1v) is 8.46.